The summed E-state index contributed by atoms with van der Waals surface area (Å²) in [5, 5.41) is 8.82. The van der Waals surface area contributed by atoms with Crippen LogP contribution in [0, 0.1) is 17.2 Å². The van der Waals surface area contributed by atoms with E-state index in [0.29, 0.717) is 9.90 Å². The van der Waals surface area contributed by atoms with Gasteiger partial charge in [0, 0.05) is 16.7 Å². The lowest BCUT2D eigenvalue weighted by Gasteiger charge is -1.93. The molecule has 0 unspecified atom stereocenters. The lowest BCUT2D eigenvalue weighted by Crippen LogP contribution is -2.13. The van der Waals surface area contributed by atoms with Crippen LogP contribution in [0.25, 0.3) is 0 Å². The van der Waals surface area contributed by atoms with Crippen molar-refractivity contribution in [3.05, 3.63) is 20.8 Å². The van der Waals surface area contributed by atoms with Crippen LogP contribution in [0.5, 0.6) is 0 Å². The molecular formula is C9H7ClN2OS. The fourth-order valence-corrected chi connectivity index (χ4v) is 2.91. The van der Waals surface area contributed by atoms with E-state index in [1.165, 1.54) is 11.3 Å². The van der Waals surface area contributed by atoms with E-state index in [1.807, 2.05) is 0 Å². The molecule has 1 fully saturated rings. The van der Waals surface area contributed by atoms with Crippen LogP contribution in [0.4, 0.5) is 0 Å². The third-order valence-electron chi connectivity index (χ3n) is 2.34. The van der Waals surface area contributed by atoms with Gasteiger partial charge in [-0.15, -0.1) is 11.3 Å². The van der Waals surface area contributed by atoms with Crippen LogP contribution in [0.15, 0.2) is 6.07 Å². The number of carbonyl (C=O) groups is 1. The number of hydrogen-bond acceptors (Lipinski definition) is 3. The second-order valence-electron chi connectivity index (χ2n) is 3.29. The number of nitriles is 1. The Labute approximate surface area is 90.1 Å². The zero-order chi connectivity index (χ0) is 10.3. The highest BCUT2D eigenvalue weighted by molar-refractivity contribution is 7.16. The van der Waals surface area contributed by atoms with Crippen LogP contribution in [0.3, 0.4) is 0 Å². The minimum absolute atomic E-state index is 0.100. The maximum Gasteiger partial charge on any atom is 0.221 e. The summed E-state index contributed by atoms with van der Waals surface area (Å²) >= 11 is 7.16. The molecule has 0 spiro atoms. The maximum atomic E-state index is 10.9. The van der Waals surface area contributed by atoms with Gasteiger partial charge in [-0.1, -0.05) is 11.6 Å². The van der Waals surface area contributed by atoms with Crippen LogP contribution < -0.4 is 5.73 Å². The highest BCUT2D eigenvalue weighted by atomic mass is 35.5. The molecule has 72 valence electrons. The number of halogens is 1. The largest absolute Gasteiger partial charge is 0.369 e. The standard InChI is InChI=1S/C9H7ClN2OS/c10-7-1-4(3-11)8(14-7)5-2-6(5)9(12)13/h1,5-6H,2H2,(H2,12,13)/t5-,6-/m0/s1. The van der Waals surface area contributed by atoms with Gasteiger partial charge in [0.2, 0.25) is 5.91 Å². The first-order valence-electron chi connectivity index (χ1n) is 4.12. The van der Waals surface area contributed by atoms with Gasteiger partial charge in [0.1, 0.15) is 6.07 Å². The SMILES string of the molecule is N#Cc1cc(Cl)sc1[C@H]1C[C@@H]1C(N)=O. The number of nitrogens with two attached hydrogens (primary N) is 1. The van der Waals surface area contributed by atoms with Gasteiger partial charge in [-0.05, 0) is 12.5 Å². The van der Waals surface area contributed by atoms with Gasteiger partial charge >= 0.3 is 0 Å². The number of hydrogen-bond donors (Lipinski definition) is 1. The van der Waals surface area contributed by atoms with E-state index in [2.05, 4.69) is 6.07 Å². The highest BCUT2D eigenvalue weighted by Crippen LogP contribution is 2.51. The topological polar surface area (TPSA) is 66.9 Å². The summed E-state index contributed by atoms with van der Waals surface area (Å²) in [5.41, 5.74) is 5.75. The average Bonchev–Trinajstić information content (AvgIpc) is 2.84. The van der Waals surface area contributed by atoms with Crippen molar-refractivity contribution in [2.75, 3.05) is 0 Å². The summed E-state index contributed by atoms with van der Waals surface area (Å²) in [7, 11) is 0. The second kappa shape index (κ2) is 3.26. The van der Waals surface area contributed by atoms with Crippen molar-refractivity contribution < 1.29 is 4.79 Å². The zero-order valence-electron chi connectivity index (χ0n) is 7.16. The first-order chi connectivity index (χ1) is 6.63. The molecule has 5 heteroatoms. The molecule has 1 amide bonds. The Morgan fingerprint density at radius 2 is 2.50 bits per heavy atom. The van der Waals surface area contributed by atoms with Crippen molar-refractivity contribution in [2.24, 2.45) is 11.7 Å². The van der Waals surface area contributed by atoms with Gasteiger partial charge in [-0.3, -0.25) is 4.79 Å². The van der Waals surface area contributed by atoms with Crippen LogP contribution in [-0.2, 0) is 4.79 Å². The second-order valence-corrected chi connectivity index (χ2v) is 5.01. The summed E-state index contributed by atoms with van der Waals surface area (Å²) in [6.07, 6.45) is 0.751. The van der Waals surface area contributed by atoms with Crippen molar-refractivity contribution in [1.29, 1.82) is 5.26 Å². The predicted octanol–water partition coefficient (Wildman–Crippen LogP) is 1.86. The van der Waals surface area contributed by atoms with Crippen molar-refractivity contribution in [2.45, 2.75) is 12.3 Å². The molecule has 1 saturated carbocycles. The van der Waals surface area contributed by atoms with E-state index in [-0.39, 0.29) is 17.7 Å². The summed E-state index contributed by atoms with van der Waals surface area (Å²) < 4.78 is 0.590. The lowest BCUT2D eigenvalue weighted by atomic mass is 10.2. The van der Waals surface area contributed by atoms with E-state index in [4.69, 9.17) is 22.6 Å². The molecule has 1 aliphatic carbocycles. The molecule has 1 aromatic heterocycles. The predicted molar refractivity (Wildman–Crippen MR) is 54.1 cm³/mol. The Hall–Kier alpha value is -1.05. The van der Waals surface area contributed by atoms with Gasteiger partial charge in [-0.2, -0.15) is 5.26 Å². The Morgan fingerprint density at radius 1 is 1.79 bits per heavy atom. The van der Waals surface area contributed by atoms with Crippen LogP contribution in [0.2, 0.25) is 4.34 Å². The maximum absolute atomic E-state index is 10.9. The average molecular weight is 227 g/mol. The molecule has 2 rings (SSSR count). The molecule has 0 radical (unpaired) electrons. The Kier molecular flexibility index (Phi) is 2.22. The molecule has 0 saturated heterocycles. The third-order valence-corrected chi connectivity index (χ3v) is 3.74. The molecule has 0 bridgehead atoms. The van der Waals surface area contributed by atoms with Crippen LogP contribution in [-0.4, -0.2) is 5.91 Å². The van der Waals surface area contributed by atoms with Gasteiger partial charge in [0.05, 0.1) is 9.90 Å². The van der Waals surface area contributed by atoms with Gasteiger partial charge in [-0.25, -0.2) is 0 Å². The molecule has 3 nitrogen and oxygen atoms in total. The van der Waals surface area contributed by atoms with E-state index in [0.717, 1.165) is 11.3 Å². The minimum atomic E-state index is -0.289. The van der Waals surface area contributed by atoms with Crippen LogP contribution >= 0.6 is 22.9 Å². The normalized spacial score (nSPS) is 24.3. The molecule has 1 heterocycles. The van der Waals surface area contributed by atoms with Crippen molar-refractivity contribution in [3.63, 3.8) is 0 Å². The lowest BCUT2D eigenvalue weighted by molar-refractivity contribution is -0.119. The fraction of sp³-hybridized carbons (Fsp3) is 0.333. The number of rotatable bonds is 2. The summed E-state index contributed by atoms with van der Waals surface area (Å²) in [6.45, 7) is 0. The molecule has 0 aromatic carbocycles. The van der Waals surface area contributed by atoms with E-state index < -0.39 is 0 Å². The number of primary amides is 1. The van der Waals surface area contributed by atoms with Gasteiger partial charge in [0.25, 0.3) is 0 Å². The van der Waals surface area contributed by atoms with Crippen LogP contribution in [0.1, 0.15) is 22.8 Å². The molecule has 1 aromatic rings. The first kappa shape index (κ1) is 9.50. The van der Waals surface area contributed by atoms with Gasteiger partial charge < -0.3 is 5.73 Å². The molecule has 2 N–H and O–H groups in total. The zero-order valence-corrected chi connectivity index (χ0v) is 8.73. The van der Waals surface area contributed by atoms with Gasteiger partial charge in [0.15, 0.2) is 0 Å². The summed E-state index contributed by atoms with van der Waals surface area (Å²) in [4.78, 5) is 11.8. The molecule has 2 atom stereocenters. The smallest absolute Gasteiger partial charge is 0.221 e. The molecular weight excluding hydrogens is 220 g/mol. The van der Waals surface area contributed by atoms with E-state index in [9.17, 15) is 4.79 Å². The molecule has 1 aliphatic rings. The third kappa shape index (κ3) is 1.49. The molecule has 14 heavy (non-hydrogen) atoms. The van der Waals surface area contributed by atoms with Crippen molar-refractivity contribution in [3.8, 4) is 6.07 Å². The van der Waals surface area contributed by atoms with Crippen molar-refractivity contribution in [1.82, 2.24) is 0 Å². The number of carbonyl (C=O) groups excluding carboxylic acids is 1. The number of nitrogens with zero attached hydrogens (tertiary/aromatic N) is 1. The van der Waals surface area contributed by atoms with E-state index in [1.54, 1.807) is 6.07 Å². The Balaban J connectivity index is 2.27. The van der Waals surface area contributed by atoms with Crippen molar-refractivity contribution >= 4 is 28.8 Å². The fourth-order valence-electron chi connectivity index (χ4n) is 1.54. The quantitative estimate of drug-likeness (QED) is 0.837. The number of amides is 1. The molecule has 0 aliphatic heterocycles. The Bertz CT molecular complexity index is 435. The summed E-state index contributed by atoms with van der Waals surface area (Å²) in [6, 6.07) is 3.71. The minimum Gasteiger partial charge on any atom is -0.369 e. The van der Waals surface area contributed by atoms with E-state index >= 15 is 0 Å². The first-order valence-corrected chi connectivity index (χ1v) is 5.31. The Morgan fingerprint density at radius 3 is 3.00 bits per heavy atom. The highest BCUT2D eigenvalue weighted by Gasteiger charge is 2.44. The number of thiophene rings is 1. The monoisotopic (exact) mass is 226 g/mol. The summed E-state index contributed by atoms with van der Waals surface area (Å²) in [5.74, 6) is -0.264.